The van der Waals surface area contributed by atoms with Crippen LogP contribution >= 0.6 is 0 Å². The lowest BCUT2D eigenvalue weighted by atomic mass is 10.1. The first kappa shape index (κ1) is 11.5. The molecule has 4 nitrogen and oxygen atoms in total. The van der Waals surface area contributed by atoms with E-state index in [2.05, 4.69) is 10.2 Å². The normalized spacial score (nSPS) is 19.7. The molecule has 3 rings (SSSR count). The van der Waals surface area contributed by atoms with Crippen LogP contribution in [0.1, 0.15) is 23.2 Å². The van der Waals surface area contributed by atoms with Gasteiger partial charge in [-0.1, -0.05) is 0 Å². The van der Waals surface area contributed by atoms with Gasteiger partial charge in [0.15, 0.2) is 0 Å². The molecule has 18 heavy (non-hydrogen) atoms. The molecule has 0 spiro atoms. The molecule has 0 bridgehead atoms. The van der Waals surface area contributed by atoms with Gasteiger partial charge in [-0.15, -0.1) is 0 Å². The van der Waals surface area contributed by atoms with Crippen LogP contribution in [0.5, 0.6) is 0 Å². The second-order valence-corrected chi connectivity index (χ2v) is 4.89. The lowest BCUT2D eigenvalue weighted by molar-refractivity contribution is 0.0951. The molecule has 1 aliphatic carbocycles. The number of nitrogens with zero attached hydrogens (tertiary/aromatic N) is 1. The molecule has 1 N–H and O–H groups in total. The minimum atomic E-state index is 0.0472. The number of anilines is 1. The maximum atomic E-state index is 11.8. The van der Waals surface area contributed by atoms with Gasteiger partial charge in [0, 0.05) is 30.4 Å². The Balaban J connectivity index is 1.65. The number of benzene rings is 1. The van der Waals surface area contributed by atoms with Gasteiger partial charge >= 0.3 is 0 Å². The number of morpholine rings is 1. The Morgan fingerprint density at radius 1 is 1.17 bits per heavy atom. The highest BCUT2D eigenvalue weighted by Gasteiger charge is 2.23. The van der Waals surface area contributed by atoms with Crippen LogP contribution in [-0.4, -0.2) is 38.3 Å². The number of ether oxygens (including phenoxy) is 1. The summed E-state index contributed by atoms with van der Waals surface area (Å²) in [5.74, 6) is 0.0472. The fourth-order valence-electron chi connectivity index (χ4n) is 2.14. The molecule has 2 aliphatic rings. The third-order valence-electron chi connectivity index (χ3n) is 3.42. The summed E-state index contributed by atoms with van der Waals surface area (Å²) in [6.45, 7) is 3.41. The van der Waals surface area contributed by atoms with Gasteiger partial charge in [-0.25, -0.2) is 0 Å². The number of hydrogen-bond donors (Lipinski definition) is 1. The Labute approximate surface area is 107 Å². The highest BCUT2D eigenvalue weighted by molar-refractivity contribution is 5.94. The summed E-state index contributed by atoms with van der Waals surface area (Å²) in [4.78, 5) is 14.1. The van der Waals surface area contributed by atoms with Gasteiger partial charge in [0.25, 0.3) is 5.91 Å². The van der Waals surface area contributed by atoms with Crippen molar-refractivity contribution >= 4 is 11.6 Å². The number of rotatable bonds is 3. The van der Waals surface area contributed by atoms with E-state index in [1.807, 2.05) is 24.3 Å². The van der Waals surface area contributed by atoms with E-state index in [4.69, 9.17) is 4.74 Å². The Morgan fingerprint density at radius 3 is 2.44 bits per heavy atom. The molecule has 0 unspecified atom stereocenters. The molecule has 0 atom stereocenters. The van der Waals surface area contributed by atoms with Gasteiger partial charge in [0.1, 0.15) is 0 Å². The number of carbonyl (C=O) groups is 1. The Kier molecular flexibility index (Phi) is 3.19. The number of carbonyl (C=O) groups excluding carboxylic acids is 1. The van der Waals surface area contributed by atoms with Crippen molar-refractivity contribution in [2.24, 2.45) is 0 Å². The lowest BCUT2D eigenvalue weighted by Gasteiger charge is -2.28. The van der Waals surface area contributed by atoms with Crippen molar-refractivity contribution in [3.05, 3.63) is 29.8 Å². The minimum absolute atomic E-state index is 0.0472. The monoisotopic (exact) mass is 246 g/mol. The lowest BCUT2D eigenvalue weighted by Crippen LogP contribution is -2.36. The summed E-state index contributed by atoms with van der Waals surface area (Å²) >= 11 is 0. The van der Waals surface area contributed by atoms with Crippen molar-refractivity contribution in [2.75, 3.05) is 31.2 Å². The summed E-state index contributed by atoms with van der Waals surface area (Å²) in [6, 6.07) is 8.27. The van der Waals surface area contributed by atoms with Crippen LogP contribution < -0.4 is 10.2 Å². The third kappa shape index (κ3) is 2.64. The smallest absolute Gasteiger partial charge is 0.251 e. The highest BCUT2D eigenvalue weighted by atomic mass is 16.5. The Morgan fingerprint density at radius 2 is 1.83 bits per heavy atom. The predicted octanol–water partition coefficient (Wildman–Crippen LogP) is 1.42. The zero-order chi connectivity index (χ0) is 12.4. The largest absolute Gasteiger partial charge is 0.378 e. The standard InChI is InChI=1S/C14H18N2O2/c17-14(15-12-3-4-12)11-1-5-13(6-2-11)16-7-9-18-10-8-16/h1-2,5-6,12H,3-4,7-10H2,(H,15,17). The molecule has 0 aromatic heterocycles. The van der Waals surface area contributed by atoms with E-state index >= 15 is 0 Å². The molecule has 4 heteroatoms. The third-order valence-corrected chi connectivity index (χ3v) is 3.42. The maximum absolute atomic E-state index is 11.8. The molecule has 1 amide bonds. The van der Waals surface area contributed by atoms with Crippen LogP contribution in [0, 0.1) is 0 Å². The van der Waals surface area contributed by atoms with Crippen molar-refractivity contribution in [3.8, 4) is 0 Å². The predicted molar refractivity (Wildman–Crippen MR) is 70.0 cm³/mol. The van der Waals surface area contributed by atoms with Crippen molar-refractivity contribution < 1.29 is 9.53 Å². The minimum Gasteiger partial charge on any atom is -0.378 e. The molecule has 1 aliphatic heterocycles. The van der Waals surface area contributed by atoms with Gasteiger partial charge in [0.05, 0.1) is 13.2 Å². The van der Waals surface area contributed by atoms with E-state index in [1.165, 1.54) is 5.69 Å². The van der Waals surface area contributed by atoms with Crippen molar-refractivity contribution in [1.29, 1.82) is 0 Å². The first-order valence-electron chi connectivity index (χ1n) is 6.56. The van der Waals surface area contributed by atoms with E-state index in [9.17, 15) is 4.79 Å². The molecule has 0 radical (unpaired) electrons. The molecule has 1 aromatic carbocycles. The van der Waals surface area contributed by atoms with E-state index in [1.54, 1.807) is 0 Å². The average molecular weight is 246 g/mol. The first-order chi connectivity index (χ1) is 8.83. The zero-order valence-electron chi connectivity index (χ0n) is 10.4. The van der Waals surface area contributed by atoms with Crippen molar-refractivity contribution in [1.82, 2.24) is 5.32 Å². The Bertz CT molecular complexity index is 420. The number of amides is 1. The highest BCUT2D eigenvalue weighted by Crippen LogP contribution is 2.20. The Hall–Kier alpha value is -1.55. The SMILES string of the molecule is O=C(NC1CC1)c1ccc(N2CCOCC2)cc1. The maximum Gasteiger partial charge on any atom is 0.251 e. The molecule has 2 fully saturated rings. The van der Waals surface area contributed by atoms with Gasteiger partial charge in [0.2, 0.25) is 0 Å². The van der Waals surface area contributed by atoms with E-state index < -0.39 is 0 Å². The molecular weight excluding hydrogens is 228 g/mol. The van der Waals surface area contributed by atoms with Crippen LogP contribution in [0.15, 0.2) is 24.3 Å². The van der Waals surface area contributed by atoms with Crippen molar-refractivity contribution in [3.63, 3.8) is 0 Å². The van der Waals surface area contributed by atoms with Gasteiger partial charge < -0.3 is 15.0 Å². The quantitative estimate of drug-likeness (QED) is 0.877. The zero-order valence-corrected chi connectivity index (χ0v) is 10.4. The number of nitrogens with one attached hydrogen (secondary N) is 1. The summed E-state index contributed by atoms with van der Waals surface area (Å²) in [5.41, 5.74) is 1.92. The topological polar surface area (TPSA) is 41.6 Å². The summed E-state index contributed by atoms with van der Waals surface area (Å²) in [7, 11) is 0. The van der Waals surface area contributed by atoms with Crippen molar-refractivity contribution in [2.45, 2.75) is 18.9 Å². The summed E-state index contributed by atoms with van der Waals surface area (Å²) in [6.07, 6.45) is 2.25. The molecule has 96 valence electrons. The first-order valence-corrected chi connectivity index (χ1v) is 6.56. The van der Waals surface area contributed by atoms with Crippen LogP contribution in [0.2, 0.25) is 0 Å². The average Bonchev–Trinajstić information content (AvgIpc) is 3.24. The fourth-order valence-corrected chi connectivity index (χ4v) is 2.14. The van der Waals surface area contributed by atoms with Crippen LogP contribution in [0.3, 0.4) is 0 Å². The second kappa shape index (κ2) is 4.98. The summed E-state index contributed by atoms with van der Waals surface area (Å²) < 4.78 is 5.33. The van der Waals surface area contributed by atoms with E-state index in [-0.39, 0.29) is 5.91 Å². The van der Waals surface area contributed by atoms with Crippen LogP contribution in [0.4, 0.5) is 5.69 Å². The fraction of sp³-hybridized carbons (Fsp3) is 0.500. The molecular formula is C14H18N2O2. The van der Waals surface area contributed by atoms with Gasteiger partial charge in [-0.2, -0.15) is 0 Å². The van der Waals surface area contributed by atoms with Gasteiger partial charge in [-0.3, -0.25) is 4.79 Å². The van der Waals surface area contributed by atoms with Crippen LogP contribution in [0.25, 0.3) is 0 Å². The molecule has 1 aromatic rings. The van der Waals surface area contributed by atoms with E-state index in [0.717, 1.165) is 44.7 Å². The van der Waals surface area contributed by atoms with E-state index in [0.29, 0.717) is 6.04 Å². The molecule has 1 heterocycles. The van der Waals surface area contributed by atoms with Crippen LogP contribution in [-0.2, 0) is 4.74 Å². The molecule has 1 saturated heterocycles. The second-order valence-electron chi connectivity index (χ2n) is 4.89. The molecule has 1 saturated carbocycles. The van der Waals surface area contributed by atoms with Gasteiger partial charge in [-0.05, 0) is 37.1 Å². The summed E-state index contributed by atoms with van der Waals surface area (Å²) in [5, 5.41) is 3.00. The number of hydrogen-bond acceptors (Lipinski definition) is 3.